The fourth-order valence-corrected chi connectivity index (χ4v) is 1.72. The van der Waals surface area contributed by atoms with E-state index in [9.17, 15) is 9.18 Å². The molecule has 2 rings (SSSR count). The summed E-state index contributed by atoms with van der Waals surface area (Å²) < 4.78 is 13.5. The number of rotatable bonds is 0. The Kier molecular flexibility index (Phi) is 1.91. The van der Waals surface area contributed by atoms with Gasteiger partial charge in [0, 0.05) is 24.7 Å². The summed E-state index contributed by atoms with van der Waals surface area (Å²) in [6.07, 6.45) is 0.791. The summed E-state index contributed by atoms with van der Waals surface area (Å²) >= 11 is 0. The second kappa shape index (κ2) is 2.97. The quantitative estimate of drug-likeness (QED) is 0.633. The van der Waals surface area contributed by atoms with Gasteiger partial charge in [0.25, 0.3) is 0 Å². The summed E-state index contributed by atoms with van der Waals surface area (Å²) in [5.74, 6) is -0.372. The van der Waals surface area contributed by atoms with E-state index in [0.717, 1.165) is 0 Å². The first-order valence-corrected chi connectivity index (χ1v) is 4.44. The third kappa shape index (κ3) is 1.14. The summed E-state index contributed by atoms with van der Waals surface area (Å²) in [7, 11) is 1.65. The Morgan fingerprint density at radius 1 is 1.43 bits per heavy atom. The number of hydrogen-bond donors (Lipinski definition) is 1. The summed E-state index contributed by atoms with van der Waals surface area (Å²) in [5, 5.41) is 0. The number of amides is 1. The van der Waals surface area contributed by atoms with E-state index in [1.54, 1.807) is 13.1 Å². The highest BCUT2D eigenvalue weighted by molar-refractivity contribution is 5.96. The summed E-state index contributed by atoms with van der Waals surface area (Å²) in [6.45, 7) is 0. The zero-order valence-corrected chi connectivity index (χ0v) is 7.88. The number of nitrogens with zero attached hydrogens (tertiary/aromatic N) is 1. The molecule has 4 heteroatoms. The number of carbonyl (C=O) groups excluding carboxylic acids is 1. The molecule has 0 spiro atoms. The molecule has 0 aromatic heterocycles. The molecule has 0 fully saturated rings. The number of anilines is 2. The highest BCUT2D eigenvalue weighted by atomic mass is 19.1. The summed E-state index contributed by atoms with van der Waals surface area (Å²) in [6, 6.07) is 3.17. The average Bonchev–Trinajstić information content (AvgIpc) is 2.17. The minimum absolute atomic E-state index is 0.0154. The molecule has 0 saturated heterocycles. The molecule has 1 aromatic carbocycles. The Labute approximate surface area is 81.3 Å². The number of benzene rings is 1. The van der Waals surface area contributed by atoms with Crippen LogP contribution in [0, 0.1) is 5.82 Å². The van der Waals surface area contributed by atoms with Crippen molar-refractivity contribution in [1.29, 1.82) is 0 Å². The Balaban J connectivity index is 2.59. The fourth-order valence-electron chi connectivity index (χ4n) is 1.72. The van der Waals surface area contributed by atoms with E-state index in [1.807, 2.05) is 0 Å². The van der Waals surface area contributed by atoms with Crippen LogP contribution in [0.4, 0.5) is 15.8 Å². The lowest BCUT2D eigenvalue weighted by molar-refractivity contribution is -0.118. The van der Waals surface area contributed by atoms with E-state index < -0.39 is 0 Å². The van der Waals surface area contributed by atoms with E-state index in [4.69, 9.17) is 5.73 Å². The van der Waals surface area contributed by atoms with E-state index in [0.29, 0.717) is 24.1 Å². The molecule has 1 aliphatic rings. The number of fused-ring (bicyclic) bond motifs is 1. The lowest BCUT2D eigenvalue weighted by Crippen LogP contribution is -2.31. The number of carbonyl (C=O) groups is 1. The normalized spacial score (nSPS) is 15.6. The molecule has 0 atom stereocenters. The number of nitrogens with two attached hydrogens (primary N) is 1. The molecule has 0 saturated carbocycles. The predicted molar refractivity (Wildman–Crippen MR) is 52.5 cm³/mol. The molecular weight excluding hydrogens is 183 g/mol. The van der Waals surface area contributed by atoms with E-state index in [2.05, 4.69) is 0 Å². The third-order valence-corrected chi connectivity index (χ3v) is 2.57. The zero-order valence-electron chi connectivity index (χ0n) is 7.88. The van der Waals surface area contributed by atoms with Gasteiger partial charge in [0.1, 0.15) is 0 Å². The van der Waals surface area contributed by atoms with Gasteiger partial charge in [0.15, 0.2) is 5.82 Å². The predicted octanol–water partition coefficient (Wildman–Crippen LogP) is 1.32. The largest absolute Gasteiger partial charge is 0.396 e. The van der Waals surface area contributed by atoms with Gasteiger partial charge in [-0.2, -0.15) is 0 Å². The Morgan fingerprint density at radius 2 is 2.14 bits per heavy atom. The van der Waals surface area contributed by atoms with Crippen LogP contribution in [0.25, 0.3) is 0 Å². The zero-order chi connectivity index (χ0) is 10.3. The molecule has 3 nitrogen and oxygen atoms in total. The van der Waals surface area contributed by atoms with Crippen molar-refractivity contribution >= 4 is 17.3 Å². The van der Waals surface area contributed by atoms with Crippen LogP contribution in [0.15, 0.2) is 12.1 Å². The standard InChI is InChI=1S/C10H11FN2O/c1-13-8-4-3-7(12)10(11)6(8)2-5-9(13)14/h3-4H,2,5,12H2,1H3. The van der Waals surface area contributed by atoms with Gasteiger partial charge < -0.3 is 10.6 Å². The SMILES string of the molecule is CN1C(=O)CCc2c1ccc(N)c2F. The first kappa shape index (κ1) is 8.99. The minimum atomic E-state index is -0.387. The molecule has 1 heterocycles. The molecule has 14 heavy (non-hydrogen) atoms. The topological polar surface area (TPSA) is 46.3 Å². The molecule has 1 aromatic rings. The fraction of sp³-hybridized carbons (Fsp3) is 0.300. The monoisotopic (exact) mass is 194 g/mol. The van der Waals surface area contributed by atoms with Gasteiger partial charge >= 0.3 is 0 Å². The van der Waals surface area contributed by atoms with Crippen LogP contribution in [0.2, 0.25) is 0 Å². The Hall–Kier alpha value is -1.58. The van der Waals surface area contributed by atoms with Gasteiger partial charge in [-0.15, -0.1) is 0 Å². The van der Waals surface area contributed by atoms with Crippen molar-refractivity contribution in [3.8, 4) is 0 Å². The molecule has 74 valence electrons. The van der Waals surface area contributed by atoms with Crippen LogP contribution in [0.3, 0.4) is 0 Å². The van der Waals surface area contributed by atoms with E-state index in [1.165, 1.54) is 11.0 Å². The van der Waals surface area contributed by atoms with Crippen LogP contribution in [-0.4, -0.2) is 13.0 Å². The van der Waals surface area contributed by atoms with Crippen LogP contribution in [0.1, 0.15) is 12.0 Å². The number of hydrogen-bond acceptors (Lipinski definition) is 2. The number of halogens is 1. The highest BCUT2D eigenvalue weighted by Crippen LogP contribution is 2.31. The molecule has 2 N–H and O–H groups in total. The maximum absolute atomic E-state index is 13.5. The average molecular weight is 194 g/mol. The first-order chi connectivity index (χ1) is 6.61. The first-order valence-electron chi connectivity index (χ1n) is 4.44. The van der Waals surface area contributed by atoms with Gasteiger partial charge in [0.2, 0.25) is 5.91 Å². The smallest absolute Gasteiger partial charge is 0.227 e. The molecule has 0 aliphatic carbocycles. The van der Waals surface area contributed by atoms with E-state index in [-0.39, 0.29) is 17.4 Å². The van der Waals surface area contributed by atoms with Crippen molar-refractivity contribution in [2.75, 3.05) is 17.7 Å². The maximum Gasteiger partial charge on any atom is 0.227 e. The minimum Gasteiger partial charge on any atom is -0.396 e. The lowest BCUT2D eigenvalue weighted by Gasteiger charge is -2.26. The molecule has 0 radical (unpaired) electrons. The molecule has 1 aliphatic heterocycles. The van der Waals surface area contributed by atoms with Crippen molar-refractivity contribution in [3.63, 3.8) is 0 Å². The van der Waals surface area contributed by atoms with Crippen LogP contribution < -0.4 is 10.6 Å². The van der Waals surface area contributed by atoms with Crippen molar-refractivity contribution in [2.45, 2.75) is 12.8 Å². The molecule has 0 unspecified atom stereocenters. The Bertz CT molecular complexity index is 403. The Morgan fingerprint density at radius 3 is 2.86 bits per heavy atom. The summed E-state index contributed by atoms with van der Waals surface area (Å²) in [5.41, 5.74) is 6.77. The van der Waals surface area contributed by atoms with Crippen molar-refractivity contribution in [1.82, 2.24) is 0 Å². The van der Waals surface area contributed by atoms with E-state index >= 15 is 0 Å². The van der Waals surface area contributed by atoms with Crippen LogP contribution in [-0.2, 0) is 11.2 Å². The highest BCUT2D eigenvalue weighted by Gasteiger charge is 2.24. The van der Waals surface area contributed by atoms with Crippen molar-refractivity contribution < 1.29 is 9.18 Å². The van der Waals surface area contributed by atoms with Gasteiger partial charge in [-0.05, 0) is 18.6 Å². The molecular formula is C10H11FN2O. The van der Waals surface area contributed by atoms with Crippen molar-refractivity contribution in [3.05, 3.63) is 23.5 Å². The number of nitrogen functional groups attached to an aromatic ring is 1. The lowest BCUT2D eigenvalue weighted by atomic mass is 10.0. The molecule has 0 bridgehead atoms. The maximum atomic E-state index is 13.5. The summed E-state index contributed by atoms with van der Waals surface area (Å²) in [4.78, 5) is 12.8. The second-order valence-corrected chi connectivity index (χ2v) is 3.42. The van der Waals surface area contributed by atoms with Gasteiger partial charge in [-0.1, -0.05) is 0 Å². The van der Waals surface area contributed by atoms with Crippen LogP contribution >= 0.6 is 0 Å². The van der Waals surface area contributed by atoms with Gasteiger partial charge in [0.05, 0.1) is 5.69 Å². The van der Waals surface area contributed by atoms with Crippen LogP contribution in [0.5, 0.6) is 0 Å². The second-order valence-electron chi connectivity index (χ2n) is 3.42. The molecule has 1 amide bonds. The van der Waals surface area contributed by atoms with Gasteiger partial charge in [-0.3, -0.25) is 4.79 Å². The van der Waals surface area contributed by atoms with Crippen molar-refractivity contribution in [2.24, 2.45) is 0 Å². The van der Waals surface area contributed by atoms with Gasteiger partial charge in [-0.25, -0.2) is 4.39 Å². The third-order valence-electron chi connectivity index (χ3n) is 2.57.